The van der Waals surface area contributed by atoms with Crippen molar-refractivity contribution >= 4 is 28.9 Å². The molecule has 1 unspecified atom stereocenters. The molecule has 1 aliphatic heterocycles. The Balaban J connectivity index is 1.53. The molecule has 0 N–H and O–H groups in total. The number of Topliss-reactive ketones (excluding diaryl/α,β-unsaturated/α-hetero) is 1. The summed E-state index contributed by atoms with van der Waals surface area (Å²) in [5, 5.41) is 0. The predicted molar refractivity (Wildman–Crippen MR) is 164 cm³/mol. The first-order valence-electron chi connectivity index (χ1n) is 14.3. The van der Waals surface area contributed by atoms with E-state index in [-0.39, 0.29) is 11.7 Å². The summed E-state index contributed by atoms with van der Waals surface area (Å²) in [6.45, 7) is 5.80. The van der Waals surface area contributed by atoms with Crippen LogP contribution >= 0.6 is 0 Å². The number of rotatable bonds is 6. The van der Waals surface area contributed by atoms with Crippen LogP contribution in [-0.2, 0) is 37.5 Å². The summed E-state index contributed by atoms with van der Waals surface area (Å²) in [5.74, 6) is -2.11. The van der Waals surface area contributed by atoms with Crippen LogP contribution in [0.5, 0.6) is 0 Å². The molecule has 2 atom stereocenters. The van der Waals surface area contributed by atoms with Gasteiger partial charge >= 0.3 is 5.97 Å². The van der Waals surface area contributed by atoms with Gasteiger partial charge in [0, 0.05) is 11.1 Å². The van der Waals surface area contributed by atoms with Crippen LogP contribution in [0, 0.1) is 0 Å². The molecular formula is C37H33NO4. The lowest BCUT2D eigenvalue weighted by Gasteiger charge is -2.28. The number of esters is 1. The first-order chi connectivity index (χ1) is 20.2. The zero-order valence-corrected chi connectivity index (χ0v) is 24.0. The fourth-order valence-corrected chi connectivity index (χ4v) is 6.20. The molecule has 0 fully saturated rings. The second-order valence-electron chi connectivity index (χ2n) is 12.0. The summed E-state index contributed by atoms with van der Waals surface area (Å²) in [6, 6.07) is 34.8. The van der Waals surface area contributed by atoms with Crippen molar-refractivity contribution in [3.63, 3.8) is 0 Å². The number of hydrogen-bond donors (Lipinski definition) is 0. The lowest BCUT2D eigenvalue weighted by atomic mass is 9.73. The van der Waals surface area contributed by atoms with Gasteiger partial charge in [-0.3, -0.25) is 14.4 Å². The summed E-state index contributed by atoms with van der Waals surface area (Å²) in [7, 11) is 0. The summed E-state index contributed by atoms with van der Waals surface area (Å²) in [5.41, 5.74) is 3.33. The number of benzene rings is 4. The molecular weight excluding hydrogens is 522 g/mol. The molecule has 5 heteroatoms. The third kappa shape index (κ3) is 4.85. The molecule has 0 saturated heterocycles. The van der Waals surface area contributed by atoms with Gasteiger partial charge in [-0.2, -0.15) is 0 Å². The molecule has 210 valence electrons. The molecule has 0 saturated carbocycles. The molecule has 42 heavy (non-hydrogen) atoms. The number of ether oxygens (including phenoxy) is 1. The summed E-state index contributed by atoms with van der Waals surface area (Å²) < 4.78 is 5.77. The molecule has 2 aliphatic rings. The Bertz CT molecular complexity index is 1700. The predicted octanol–water partition coefficient (Wildman–Crippen LogP) is 6.81. The van der Waals surface area contributed by atoms with Gasteiger partial charge in [0.05, 0.1) is 17.6 Å². The Morgan fingerprint density at radius 3 is 2.10 bits per heavy atom. The van der Waals surface area contributed by atoms with E-state index in [4.69, 9.17) is 4.74 Å². The van der Waals surface area contributed by atoms with E-state index in [1.165, 1.54) is 0 Å². The zero-order chi connectivity index (χ0) is 29.5. The van der Waals surface area contributed by atoms with Crippen LogP contribution in [0.4, 0.5) is 5.69 Å². The van der Waals surface area contributed by atoms with Crippen molar-refractivity contribution in [2.24, 2.45) is 0 Å². The monoisotopic (exact) mass is 555 g/mol. The van der Waals surface area contributed by atoms with Crippen molar-refractivity contribution in [3.05, 3.63) is 143 Å². The normalized spacial score (nSPS) is 20.5. The Kier molecular flexibility index (Phi) is 6.90. The van der Waals surface area contributed by atoms with Crippen LogP contribution in [0.25, 0.3) is 5.57 Å². The van der Waals surface area contributed by atoms with Gasteiger partial charge in [-0.1, -0.05) is 109 Å². The Hall–Kier alpha value is -4.77. The summed E-state index contributed by atoms with van der Waals surface area (Å²) >= 11 is 0. The lowest BCUT2D eigenvalue weighted by Crippen LogP contribution is -2.38. The quantitative estimate of drug-likeness (QED) is 0.149. The highest BCUT2D eigenvalue weighted by Gasteiger charge is 2.55. The van der Waals surface area contributed by atoms with Gasteiger partial charge in [-0.15, -0.1) is 0 Å². The number of fused-ring (bicyclic) bond motifs is 2. The number of carbonyl (C=O) groups excluding carboxylic acids is 3. The zero-order valence-electron chi connectivity index (χ0n) is 24.0. The summed E-state index contributed by atoms with van der Waals surface area (Å²) in [4.78, 5) is 44.3. The number of amides is 1. The van der Waals surface area contributed by atoms with Crippen LogP contribution in [0.1, 0.15) is 54.5 Å². The van der Waals surface area contributed by atoms with Crippen LogP contribution < -0.4 is 4.90 Å². The van der Waals surface area contributed by atoms with Gasteiger partial charge in [0.15, 0.2) is 5.78 Å². The van der Waals surface area contributed by atoms with Crippen molar-refractivity contribution in [2.75, 3.05) is 4.90 Å². The maximum Gasteiger partial charge on any atom is 0.321 e. The van der Waals surface area contributed by atoms with Gasteiger partial charge in [0.2, 0.25) is 0 Å². The molecule has 4 aromatic carbocycles. The van der Waals surface area contributed by atoms with Crippen molar-refractivity contribution < 1.29 is 19.1 Å². The molecule has 1 heterocycles. The molecule has 5 nitrogen and oxygen atoms in total. The Morgan fingerprint density at radius 2 is 1.40 bits per heavy atom. The third-order valence-corrected chi connectivity index (χ3v) is 7.96. The van der Waals surface area contributed by atoms with Crippen molar-refractivity contribution in [1.82, 2.24) is 0 Å². The van der Waals surface area contributed by atoms with Crippen molar-refractivity contribution in [3.8, 4) is 0 Å². The van der Waals surface area contributed by atoms with Crippen molar-refractivity contribution in [2.45, 2.75) is 50.7 Å². The lowest BCUT2D eigenvalue weighted by molar-refractivity contribution is -0.158. The second-order valence-corrected chi connectivity index (χ2v) is 12.0. The van der Waals surface area contributed by atoms with Gasteiger partial charge < -0.3 is 9.64 Å². The summed E-state index contributed by atoms with van der Waals surface area (Å²) in [6.07, 6.45) is 2.14. The van der Waals surface area contributed by atoms with Crippen LogP contribution in [0.3, 0.4) is 0 Å². The minimum atomic E-state index is -1.25. The average molecular weight is 556 g/mol. The first kappa shape index (κ1) is 27.4. The van der Waals surface area contributed by atoms with E-state index in [0.717, 1.165) is 27.9 Å². The minimum Gasteiger partial charge on any atom is -0.459 e. The Labute approximate surface area is 246 Å². The molecule has 0 aromatic heterocycles. The van der Waals surface area contributed by atoms with Crippen LogP contribution in [-0.4, -0.2) is 23.3 Å². The Morgan fingerprint density at radius 1 is 0.810 bits per heavy atom. The third-order valence-electron chi connectivity index (χ3n) is 7.96. The standard InChI is InChI=1S/C37H33NO4/c1-36(2,3)42-35(41)32-28-19-10-12-20-30(28)37(33(32)39,22-25-14-6-4-7-15-25)23-29-27-18-11-13-21-31(27)38(34(29)40)24-26-16-8-5-9-17-26/h4-21,23,32H,22,24H2,1-3H3/b29-23+/t32-,37?/m1/s1. The van der Waals surface area contributed by atoms with Crippen molar-refractivity contribution in [1.29, 1.82) is 0 Å². The highest BCUT2D eigenvalue weighted by molar-refractivity contribution is 6.33. The number of allylic oxidation sites excluding steroid dienone is 1. The van der Waals surface area contributed by atoms with E-state index in [1.54, 1.807) is 25.7 Å². The number of hydrogen-bond acceptors (Lipinski definition) is 4. The molecule has 6 rings (SSSR count). The highest BCUT2D eigenvalue weighted by atomic mass is 16.6. The highest BCUT2D eigenvalue weighted by Crippen LogP contribution is 2.50. The second kappa shape index (κ2) is 10.6. The SMILES string of the molecule is CC(C)(C)OC(=O)[C@H]1C(=O)C(/C=C2/C(=O)N(Cc3ccccc3)c3ccccc32)(Cc2ccccc2)c2ccccc21. The molecule has 0 radical (unpaired) electrons. The largest absolute Gasteiger partial charge is 0.459 e. The van der Waals surface area contributed by atoms with E-state index in [2.05, 4.69) is 0 Å². The number of ketones is 1. The molecule has 4 aromatic rings. The van der Waals surface area contributed by atoms with E-state index >= 15 is 0 Å². The van der Waals surface area contributed by atoms with Gasteiger partial charge in [0.1, 0.15) is 11.5 Å². The smallest absolute Gasteiger partial charge is 0.321 e. The van der Waals surface area contributed by atoms with Gasteiger partial charge in [-0.05, 0) is 55.5 Å². The van der Waals surface area contributed by atoms with Crippen LogP contribution in [0.15, 0.2) is 115 Å². The number of carbonyl (C=O) groups is 3. The fourth-order valence-electron chi connectivity index (χ4n) is 6.20. The number of para-hydroxylation sites is 1. The average Bonchev–Trinajstić information content (AvgIpc) is 3.37. The molecule has 0 spiro atoms. The number of anilines is 1. The van der Waals surface area contributed by atoms with E-state index in [9.17, 15) is 14.4 Å². The topological polar surface area (TPSA) is 63.7 Å². The fraction of sp³-hybridized carbons (Fsp3) is 0.216. The number of nitrogens with zero attached hydrogens (tertiary/aromatic N) is 1. The first-order valence-corrected chi connectivity index (χ1v) is 14.3. The maximum absolute atomic E-state index is 14.7. The van der Waals surface area contributed by atoms with E-state index in [1.807, 2.05) is 115 Å². The molecule has 1 amide bonds. The van der Waals surface area contributed by atoms with Gasteiger partial charge in [0.25, 0.3) is 5.91 Å². The van der Waals surface area contributed by atoms with Crippen LogP contribution in [0.2, 0.25) is 0 Å². The minimum absolute atomic E-state index is 0.168. The van der Waals surface area contributed by atoms with E-state index < -0.39 is 22.9 Å². The maximum atomic E-state index is 14.7. The molecule has 0 bridgehead atoms. The van der Waals surface area contributed by atoms with E-state index in [0.29, 0.717) is 24.1 Å². The van der Waals surface area contributed by atoms with Gasteiger partial charge in [-0.25, -0.2) is 0 Å². The molecule has 1 aliphatic carbocycles.